The third kappa shape index (κ3) is 2.78. The Hall–Kier alpha value is -0.940. The van der Waals surface area contributed by atoms with Gasteiger partial charge in [0.25, 0.3) is 0 Å². The third-order valence-corrected chi connectivity index (χ3v) is 2.13. The molecule has 6 heteroatoms. The van der Waals surface area contributed by atoms with Crippen LogP contribution in [0.2, 0.25) is 0 Å². The van der Waals surface area contributed by atoms with Gasteiger partial charge in [-0.1, -0.05) is 0 Å². The van der Waals surface area contributed by atoms with Crippen LogP contribution in [0.4, 0.5) is 18.0 Å². The van der Waals surface area contributed by atoms with Crippen LogP contribution < -0.4 is 5.73 Å². The second-order valence-corrected chi connectivity index (χ2v) is 3.15. The first-order valence-electron chi connectivity index (χ1n) is 4.03. The van der Waals surface area contributed by atoms with Gasteiger partial charge in [-0.2, -0.15) is 13.2 Å². The van der Waals surface area contributed by atoms with Gasteiger partial charge in [0.2, 0.25) is 0 Å². The van der Waals surface area contributed by atoms with Gasteiger partial charge in [-0.15, -0.1) is 0 Å². The molecule has 0 aliphatic carbocycles. The van der Waals surface area contributed by atoms with Crippen molar-refractivity contribution in [3.8, 4) is 0 Å². The van der Waals surface area contributed by atoms with Crippen LogP contribution in [0.3, 0.4) is 0 Å². The molecule has 3 nitrogen and oxygen atoms in total. The summed E-state index contributed by atoms with van der Waals surface area (Å²) >= 11 is 0. The number of likely N-dealkylation sites (tertiary alicyclic amines) is 1. The first-order valence-corrected chi connectivity index (χ1v) is 4.03. The predicted molar refractivity (Wildman–Crippen MR) is 40.0 cm³/mol. The molecule has 1 unspecified atom stereocenters. The normalized spacial score (nSPS) is 23.6. The van der Waals surface area contributed by atoms with Crippen LogP contribution in [0.15, 0.2) is 0 Å². The average molecular weight is 196 g/mol. The molecular formula is C7H11F3N2O. The van der Waals surface area contributed by atoms with E-state index < -0.39 is 24.7 Å². The molecule has 1 rings (SSSR count). The predicted octanol–water partition coefficient (Wildman–Crippen LogP) is 1.48. The highest BCUT2D eigenvalue weighted by molar-refractivity contribution is 5.72. The van der Waals surface area contributed by atoms with E-state index in [1.807, 2.05) is 0 Å². The number of urea groups is 1. The van der Waals surface area contributed by atoms with Gasteiger partial charge in [-0.3, -0.25) is 0 Å². The van der Waals surface area contributed by atoms with E-state index in [2.05, 4.69) is 0 Å². The molecule has 0 aromatic rings. The highest BCUT2D eigenvalue weighted by Crippen LogP contribution is 2.29. The van der Waals surface area contributed by atoms with E-state index in [1.54, 1.807) is 0 Å². The molecule has 1 aliphatic heterocycles. The summed E-state index contributed by atoms with van der Waals surface area (Å²) < 4.78 is 35.9. The number of halogens is 3. The molecule has 1 heterocycles. The summed E-state index contributed by atoms with van der Waals surface area (Å²) in [7, 11) is 0. The highest BCUT2D eigenvalue weighted by atomic mass is 19.4. The second kappa shape index (κ2) is 3.43. The van der Waals surface area contributed by atoms with Crippen LogP contribution in [0.25, 0.3) is 0 Å². The number of alkyl halides is 3. The Balaban J connectivity index is 2.54. The van der Waals surface area contributed by atoms with E-state index in [0.29, 0.717) is 19.4 Å². The minimum atomic E-state index is -4.22. The van der Waals surface area contributed by atoms with E-state index in [-0.39, 0.29) is 0 Å². The topological polar surface area (TPSA) is 46.3 Å². The Morgan fingerprint density at radius 2 is 2.15 bits per heavy atom. The summed E-state index contributed by atoms with van der Waals surface area (Å²) in [4.78, 5) is 11.8. The lowest BCUT2D eigenvalue weighted by Crippen LogP contribution is -2.41. The van der Waals surface area contributed by atoms with Crippen molar-refractivity contribution in [2.45, 2.75) is 31.5 Å². The molecule has 13 heavy (non-hydrogen) atoms. The second-order valence-electron chi connectivity index (χ2n) is 3.15. The molecule has 1 aliphatic rings. The van der Waals surface area contributed by atoms with Gasteiger partial charge in [0.15, 0.2) is 0 Å². The third-order valence-electron chi connectivity index (χ3n) is 2.13. The Labute approximate surface area is 73.7 Å². The molecule has 1 atom stereocenters. The van der Waals surface area contributed by atoms with Gasteiger partial charge >= 0.3 is 12.2 Å². The number of primary amides is 1. The van der Waals surface area contributed by atoms with Gasteiger partial charge in [-0.25, -0.2) is 4.79 Å². The molecule has 2 N–H and O–H groups in total. The van der Waals surface area contributed by atoms with Crippen molar-refractivity contribution in [1.82, 2.24) is 4.90 Å². The highest BCUT2D eigenvalue weighted by Gasteiger charge is 2.37. The average Bonchev–Trinajstić information content (AvgIpc) is 2.31. The minimum Gasteiger partial charge on any atom is -0.351 e. The van der Waals surface area contributed by atoms with Gasteiger partial charge in [-0.05, 0) is 12.8 Å². The molecule has 0 radical (unpaired) electrons. The Morgan fingerprint density at radius 1 is 1.54 bits per heavy atom. The number of nitrogens with zero attached hydrogens (tertiary/aromatic N) is 1. The summed E-state index contributed by atoms with van der Waals surface area (Å²) in [6.45, 7) is 0.343. The van der Waals surface area contributed by atoms with Crippen molar-refractivity contribution in [3.63, 3.8) is 0 Å². The van der Waals surface area contributed by atoms with Crippen LogP contribution in [0.1, 0.15) is 19.3 Å². The maximum atomic E-state index is 12.0. The molecule has 1 saturated heterocycles. The van der Waals surface area contributed by atoms with Crippen LogP contribution >= 0.6 is 0 Å². The molecule has 0 aromatic heterocycles. The summed E-state index contributed by atoms with van der Waals surface area (Å²) in [5.41, 5.74) is 4.93. The lowest BCUT2D eigenvalue weighted by atomic mass is 10.1. The quantitative estimate of drug-likeness (QED) is 0.678. The number of hydrogen-bond acceptors (Lipinski definition) is 1. The van der Waals surface area contributed by atoms with E-state index in [0.717, 1.165) is 4.90 Å². The summed E-state index contributed by atoms with van der Waals surface area (Å²) in [6.07, 6.45) is -4.18. The maximum Gasteiger partial charge on any atom is 0.391 e. The van der Waals surface area contributed by atoms with Crippen molar-refractivity contribution in [3.05, 3.63) is 0 Å². The Kier molecular flexibility index (Phi) is 2.68. The molecule has 76 valence electrons. The fourth-order valence-electron chi connectivity index (χ4n) is 1.61. The number of hydrogen-bond donors (Lipinski definition) is 1. The lowest BCUT2D eigenvalue weighted by molar-refractivity contribution is -0.143. The van der Waals surface area contributed by atoms with E-state index in [1.165, 1.54) is 0 Å². The smallest absolute Gasteiger partial charge is 0.351 e. The molecule has 0 aromatic carbocycles. The molecule has 0 saturated carbocycles. The molecule has 0 spiro atoms. The van der Waals surface area contributed by atoms with Gasteiger partial charge < -0.3 is 10.6 Å². The first kappa shape index (κ1) is 10.1. The maximum absolute atomic E-state index is 12.0. The zero-order valence-electron chi connectivity index (χ0n) is 6.97. The summed E-state index contributed by atoms with van der Waals surface area (Å²) in [5.74, 6) is 0. The van der Waals surface area contributed by atoms with Crippen molar-refractivity contribution < 1.29 is 18.0 Å². The zero-order chi connectivity index (χ0) is 10.1. The molecule has 0 bridgehead atoms. The minimum absolute atomic E-state index is 0.343. The van der Waals surface area contributed by atoms with Crippen molar-refractivity contribution in [2.24, 2.45) is 5.73 Å². The number of amides is 2. The number of carbonyl (C=O) groups excluding carboxylic acids is 1. The number of nitrogens with two attached hydrogens (primary N) is 1. The standard InChI is InChI=1S/C7H11F3N2O/c8-7(9,10)4-5-2-1-3-12(5)6(11)13/h5H,1-4H2,(H2,11,13). The van der Waals surface area contributed by atoms with Crippen LogP contribution in [-0.2, 0) is 0 Å². The van der Waals surface area contributed by atoms with E-state index >= 15 is 0 Å². The van der Waals surface area contributed by atoms with Crippen LogP contribution in [0, 0.1) is 0 Å². The fourth-order valence-corrected chi connectivity index (χ4v) is 1.61. The fraction of sp³-hybridized carbons (Fsp3) is 0.857. The van der Waals surface area contributed by atoms with Gasteiger partial charge in [0.1, 0.15) is 0 Å². The first-order chi connectivity index (χ1) is 5.90. The zero-order valence-corrected chi connectivity index (χ0v) is 6.97. The SMILES string of the molecule is NC(=O)N1CCCC1CC(F)(F)F. The Morgan fingerprint density at radius 3 is 2.62 bits per heavy atom. The van der Waals surface area contributed by atoms with E-state index in [9.17, 15) is 18.0 Å². The molecule has 1 fully saturated rings. The number of rotatable bonds is 1. The Bertz CT molecular complexity index is 204. The summed E-state index contributed by atoms with van der Waals surface area (Å²) in [5, 5.41) is 0. The largest absolute Gasteiger partial charge is 0.391 e. The van der Waals surface area contributed by atoms with Gasteiger partial charge in [0.05, 0.1) is 6.42 Å². The van der Waals surface area contributed by atoms with Crippen LogP contribution in [-0.4, -0.2) is 29.7 Å². The van der Waals surface area contributed by atoms with Crippen LogP contribution in [0.5, 0.6) is 0 Å². The molecule has 2 amide bonds. The van der Waals surface area contributed by atoms with Crippen molar-refractivity contribution in [2.75, 3.05) is 6.54 Å². The van der Waals surface area contributed by atoms with Crippen molar-refractivity contribution in [1.29, 1.82) is 0 Å². The van der Waals surface area contributed by atoms with Gasteiger partial charge in [0, 0.05) is 12.6 Å². The van der Waals surface area contributed by atoms with E-state index in [4.69, 9.17) is 5.73 Å². The monoisotopic (exact) mass is 196 g/mol. The molecular weight excluding hydrogens is 185 g/mol. The summed E-state index contributed by atoms with van der Waals surface area (Å²) in [6, 6.07) is -1.51. The lowest BCUT2D eigenvalue weighted by Gasteiger charge is -2.23. The van der Waals surface area contributed by atoms with Crippen molar-refractivity contribution >= 4 is 6.03 Å². The number of carbonyl (C=O) groups is 1.